The van der Waals surface area contributed by atoms with Crippen molar-refractivity contribution in [1.29, 1.82) is 5.26 Å². The van der Waals surface area contributed by atoms with Crippen LogP contribution in [0.25, 0.3) is 0 Å². The van der Waals surface area contributed by atoms with E-state index in [9.17, 15) is 19.3 Å². The van der Waals surface area contributed by atoms with Crippen molar-refractivity contribution in [2.24, 2.45) is 0 Å². The summed E-state index contributed by atoms with van der Waals surface area (Å²) >= 11 is 0. The van der Waals surface area contributed by atoms with Crippen LogP contribution in [0.5, 0.6) is 0 Å². The van der Waals surface area contributed by atoms with Crippen molar-refractivity contribution in [2.45, 2.75) is 30.5 Å². The highest BCUT2D eigenvalue weighted by atomic mass is 31.2. The first-order valence-electron chi connectivity index (χ1n) is 7.95. The number of nitriles is 1. The normalized spacial score (nSPS) is 36.0. The number of aliphatic hydroxyl groups excluding tert-OH is 1. The average Bonchev–Trinajstić information content (AvgIpc) is 2.90. The molecule has 13 heteroatoms. The van der Waals surface area contributed by atoms with Crippen LogP contribution >= 0.6 is 7.82 Å². The number of phosphoric ester groups is 1. The van der Waals surface area contributed by atoms with Crippen LogP contribution in [0.15, 0.2) is 21.9 Å². The monoisotopic (exact) mass is 403 g/mol. The van der Waals surface area contributed by atoms with Gasteiger partial charge in [0.2, 0.25) is 0 Å². The maximum absolute atomic E-state index is 12.3. The first-order chi connectivity index (χ1) is 12.8. The minimum atomic E-state index is -3.88. The largest absolute Gasteiger partial charge is 0.475 e. The lowest BCUT2D eigenvalue weighted by atomic mass is 9.97. The van der Waals surface area contributed by atoms with Gasteiger partial charge in [-0.1, -0.05) is 0 Å². The van der Waals surface area contributed by atoms with Crippen molar-refractivity contribution >= 4 is 7.82 Å². The number of rotatable bonds is 5. The number of ether oxygens (including phenoxy) is 2. The van der Waals surface area contributed by atoms with Gasteiger partial charge in [0.25, 0.3) is 5.56 Å². The molecule has 3 rings (SSSR count). The van der Waals surface area contributed by atoms with Crippen LogP contribution in [0.3, 0.4) is 0 Å². The lowest BCUT2D eigenvalue weighted by Gasteiger charge is -2.37. The quantitative estimate of drug-likeness (QED) is 0.473. The van der Waals surface area contributed by atoms with E-state index >= 15 is 0 Å². The molecule has 3 atom stereocenters. The Labute approximate surface area is 152 Å². The van der Waals surface area contributed by atoms with Gasteiger partial charge in [0.05, 0.1) is 32.3 Å². The molecule has 1 aromatic heterocycles. The Balaban J connectivity index is 1.80. The van der Waals surface area contributed by atoms with E-state index < -0.39 is 43.1 Å². The van der Waals surface area contributed by atoms with Crippen LogP contribution in [0.1, 0.15) is 12.6 Å². The van der Waals surface area contributed by atoms with Gasteiger partial charge in [-0.05, 0) is 0 Å². The highest BCUT2D eigenvalue weighted by Gasteiger charge is 2.60. The Kier molecular flexibility index (Phi) is 5.64. The van der Waals surface area contributed by atoms with Crippen molar-refractivity contribution < 1.29 is 32.7 Å². The van der Waals surface area contributed by atoms with Crippen LogP contribution in [0.4, 0.5) is 0 Å². The van der Waals surface area contributed by atoms with Crippen LogP contribution in [-0.2, 0) is 27.6 Å². The van der Waals surface area contributed by atoms with Crippen molar-refractivity contribution in [2.75, 3.05) is 26.9 Å². The molecule has 27 heavy (non-hydrogen) atoms. The third kappa shape index (κ3) is 3.76. The third-order valence-corrected chi connectivity index (χ3v) is 5.67. The molecule has 0 aliphatic carbocycles. The Morgan fingerprint density at radius 3 is 2.78 bits per heavy atom. The fraction of sp³-hybridized carbons (Fsp3) is 0.643. The van der Waals surface area contributed by atoms with E-state index in [1.807, 2.05) is 6.07 Å². The van der Waals surface area contributed by atoms with Crippen LogP contribution in [0.2, 0.25) is 0 Å². The topological polar surface area (TPSA) is 162 Å². The first-order valence-corrected chi connectivity index (χ1v) is 9.41. The molecule has 1 spiro atoms. The van der Waals surface area contributed by atoms with Crippen molar-refractivity contribution in [3.05, 3.63) is 33.1 Å². The molecule has 0 bridgehead atoms. The van der Waals surface area contributed by atoms with E-state index in [0.29, 0.717) is 0 Å². The van der Waals surface area contributed by atoms with Gasteiger partial charge in [-0.3, -0.25) is 27.9 Å². The predicted octanol–water partition coefficient (Wildman–Crippen LogP) is -0.735. The van der Waals surface area contributed by atoms with Gasteiger partial charge in [0, 0.05) is 19.4 Å². The van der Waals surface area contributed by atoms with Crippen molar-refractivity contribution in [3.8, 4) is 6.07 Å². The number of hydrogen-bond acceptors (Lipinski definition) is 10. The lowest BCUT2D eigenvalue weighted by Crippen LogP contribution is -2.52. The number of hydrogen-bond donors (Lipinski definition) is 2. The van der Waals surface area contributed by atoms with E-state index in [1.54, 1.807) is 0 Å². The van der Waals surface area contributed by atoms with Gasteiger partial charge < -0.3 is 14.6 Å². The SMILES string of the molecule is COC1C(n2ccc(=O)[nH]c2=O)OC2(COP(=O)(OCCC#N)OC2)C1O. The number of H-pyrrole nitrogens is 1. The molecular formula is C14H18N3O9P. The summed E-state index contributed by atoms with van der Waals surface area (Å²) in [6.07, 6.45) is -2.15. The molecule has 0 saturated carbocycles. The summed E-state index contributed by atoms with van der Waals surface area (Å²) in [6.45, 7) is -0.848. The molecule has 1 aromatic rings. The fourth-order valence-corrected chi connectivity index (χ4v) is 4.18. The molecule has 0 radical (unpaired) electrons. The van der Waals surface area contributed by atoms with Crippen molar-refractivity contribution in [3.63, 3.8) is 0 Å². The van der Waals surface area contributed by atoms with Gasteiger partial charge in [0.15, 0.2) is 6.23 Å². The number of methoxy groups -OCH3 is 1. The van der Waals surface area contributed by atoms with Gasteiger partial charge in [-0.2, -0.15) is 5.26 Å². The van der Waals surface area contributed by atoms with Crippen molar-refractivity contribution in [1.82, 2.24) is 9.55 Å². The highest BCUT2D eigenvalue weighted by Crippen LogP contribution is 2.56. The number of aromatic nitrogens is 2. The van der Waals surface area contributed by atoms with Crippen LogP contribution < -0.4 is 11.2 Å². The average molecular weight is 403 g/mol. The summed E-state index contributed by atoms with van der Waals surface area (Å²) in [5.41, 5.74) is -2.80. The molecule has 2 N–H and O–H groups in total. The second kappa shape index (κ2) is 7.65. The smallest absolute Gasteiger partial charge is 0.387 e. The summed E-state index contributed by atoms with van der Waals surface area (Å²) < 4.78 is 39.7. The molecule has 148 valence electrons. The standard InChI is InChI=1S/C14H18N3O9P/c1-22-10-11(19)14(7-24-27(21,25-8-14)23-6-2-4-15)26-12(10)17-5-3-9(18)16-13(17)20/h3,5,10-12,19H,2,6-8H2,1H3,(H,16,18,20). The van der Waals surface area contributed by atoms with Gasteiger partial charge >= 0.3 is 13.5 Å². The second-order valence-corrected chi connectivity index (χ2v) is 7.64. The summed E-state index contributed by atoms with van der Waals surface area (Å²) in [5.74, 6) is 0. The number of aromatic amines is 1. The molecule has 3 unspecified atom stereocenters. The number of nitrogens with one attached hydrogen (secondary N) is 1. The molecule has 3 heterocycles. The van der Waals surface area contributed by atoms with Crippen LogP contribution in [0, 0.1) is 11.3 Å². The predicted molar refractivity (Wildman–Crippen MR) is 86.7 cm³/mol. The van der Waals surface area contributed by atoms with E-state index in [2.05, 4.69) is 4.98 Å². The molecule has 2 aliphatic heterocycles. The molecule has 2 fully saturated rings. The fourth-order valence-electron chi connectivity index (χ4n) is 2.89. The lowest BCUT2D eigenvalue weighted by molar-refractivity contribution is -0.166. The van der Waals surface area contributed by atoms with Gasteiger partial charge in [0.1, 0.15) is 17.8 Å². The zero-order valence-corrected chi connectivity index (χ0v) is 15.2. The molecular weight excluding hydrogens is 385 g/mol. The summed E-state index contributed by atoms with van der Waals surface area (Å²) in [5, 5.41) is 19.2. The van der Waals surface area contributed by atoms with E-state index in [0.717, 1.165) is 10.6 Å². The van der Waals surface area contributed by atoms with Crippen LogP contribution in [-0.4, -0.2) is 59.4 Å². The minimum Gasteiger partial charge on any atom is -0.387 e. The zero-order chi connectivity index (χ0) is 19.7. The van der Waals surface area contributed by atoms with E-state index in [-0.39, 0.29) is 26.2 Å². The maximum atomic E-state index is 12.3. The van der Waals surface area contributed by atoms with E-state index in [4.69, 9.17) is 28.3 Å². The maximum Gasteiger partial charge on any atom is 0.475 e. The zero-order valence-electron chi connectivity index (χ0n) is 14.3. The summed E-state index contributed by atoms with van der Waals surface area (Å²) in [4.78, 5) is 25.4. The first kappa shape index (κ1) is 19.9. The Hall–Kier alpha value is -1.84. The molecule has 0 amide bonds. The Morgan fingerprint density at radius 2 is 2.19 bits per heavy atom. The summed E-state index contributed by atoms with van der Waals surface area (Å²) in [7, 11) is -2.56. The molecule has 12 nitrogen and oxygen atoms in total. The highest BCUT2D eigenvalue weighted by molar-refractivity contribution is 7.48. The van der Waals surface area contributed by atoms with Gasteiger partial charge in [-0.25, -0.2) is 9.36 Å². The Morgan fingerprint density at radius 1 is 1.48 bits per heavy atom. The van der Waals surface area contributed by atoms with Gasteiger partial charge in [-0.15, -0.1) is 0 Å². The number of aliphatic hydroxyl groups is 1. The Bertz CT molecular complexity index is 879. The number of nitrogens with zero attached hydrogens (tertiary/aromatic N) is 2. The third-order valence-electron chi connectivity index (χ3n) is 4.28. The molecule has 2 aliphatic rings. The summed E-state index contributed by atoms with van der Waals surface area (Å²) in [6, 6.07) is 2.96. The number of phosphoric acid groups is 1. The second-order valence-electron chi connectivity index (χ2n) is 5.97. The molecule has 2 saturated heterocycles. The molecule has 0 aromatic carbocycles. The minimum absolute atomic E-state index is 0.00390. The van der Waals surface area contributed by atoms with E-state index in [1.165, 1.54) is 13.3 Å².